The Hall–Kier alpha value is -1.07. The van der Waals surface area contributed by atoms with Gasteiger partial charge in [0.05, 0.1) is 12.5 Å². The summed E-state index contributed by atoms with van der Waals surface area (Å²) >= 11 is 3.49. The van der Waals surface area contributed by atoms with Gasteiger partial charge in [-0.1, -0.05) is 22.0 Å². The van der Waals surface area contributed by atoms with Crippen LogP contribution in [0.25, 0.3) is 0 Å². The Morgan fingerprint density at radius 2 is 2.33 bits per heavy atom. The van der Waals surface area contributed by atoms with Crippen molar-refractivity contribution in [1.29, 1.82) is 0 Å². The molecule has 0 aromatic heterocycles. The van der Waals surface area contributed by atoms with E-state index in [-0.39, 0.29) is 12.0 Å². The molecule has 5 heteroatoms. The van der Waals surface area contributed by atoms with Gasteiger partial charge in [0.15, 0.2) is 0 Å². The number of nitrogens with one attached hydrogen (secondary N) is 1. The summed E-state index contributed by atoms with van der Waals surface area (Å²) in [6.07, 6.45) is 1.65. The third-order valence-electron chi connectivity index (χ3n) is 3.34. The number of carboxylic acids is 1. The Bertz CT molecular complexity index is 450. The molecule has 2 rings (SSSR count). The summed E-state index contributed by atoms with van der Waals surface area (Å²) in [6, 6.07) is 5.86. The molecule has 1 aromatic rings. The summed E-state index contributed by atoms with van der Waals surface area (Å²) in [7, 11) is 1.65. The second-order valence-electron chi connectivity index (χ2n) is 4.47. The summed E-state index contributed by atoms with van der Waals surface area (Å²) in [5.74, 6) is -0.999. The van der Waals surface area contributed by atoms with Gasteiger partial charge in [0.2, 0.25) is 0 Å². The molecule has 2 unspecified atom stereocenters. The largest absolute Gasteiger partial charge is 0.481 e. The predicted octanol–water partition coefficient (Wildman–Crippen LogP) is 2.87. The van der Waals surface area contributed by atoms with Crippen LogP contribution in [-0.2, 0) is 16.1 Å². The maximum Gasteiger partial charge on any atom is 0.308 e. The van der Waals surface area contributed by atoms with Crippen LogP contribution in [0, 0.1) is 5.92 Å². The lowest BCUT2D eigenvalue weighted by Gasteiger charge is -2.35. The van der Waals surface area contributed by atoms with Crippen molar-refractivity contribution in [3.05, 3.63) is 28.2 Å². The van der Waals surface area contributed by atoms with Crippen molar-refractivity contribution in [1.82, 2.24) is 0 Å². The number of aliphatic carboxylic acids is 1. The molecule has 0 spiro atoms. The summed E-state index contributed by atoms with van der Waals surface area (Å²) < 4.78 is 6.14. The van der Waals surface area contributed by atoms with E-state index in [4.69, 9.17) is 9.84 Å². The molecule has 1 aliphatic rings. The van der Waals surface area contributed by atoms with Gasteiger partial charge in [-0.3, -0.25) is 4.79 Å². The van der Waals surface area contributed by atoms with Gasteiger partial charge in [-0.15, -0.1) is 0 Å². The summed E-state index contributed by atoms with van der Waals surface area (Å²) in [4.78, 5) is 11.0. The van der Waals surface area contributed by atoms with Crippen LogP contribution in [0.2, 0.25) is 0 Å². The van der Waals surface area contributed by atoms with Crippen molar-refractivity contribution < 1.29 is 14.6 Å². The first kappa shape index (κ1) is 13.4. The number of halogens is 1. The molecule has 0 heterocycles. The van der Waals surface area contributed by atoms with E-state index in [0.29, 0.717) is 6.61 Å². The molecular weight excluding hydrogens is 298 g/mol. The van der Waals surface area contributed by atoms with E-state index in [1.165, 1.54) is 0 Å². The van der Waals surface area contributed by atoms with E-state index in [1.807, 2.05) is 18.2 Å². The maximum absolute atomic E-state index is 11.0. The van der Waals surface area contributed by atoms with Crippen LogP contribution in [-0.4, -0.2) is 24.2 Å². The van der Waals surface area contributed by atoms with E-state index >= 15 is 0 Å². The van der Waals surface area contributed by atoms with Crippen molar-refractivity contribution in [2.75, 3.05) is 12.4 Å². The molecule has 18 heavy (non-hydrogen) atoms. The van der Waals surface area contributed by atoms with Crippen LogP contribution in [0.1, 0.15) is 18.4 Å². The lowest BCUT2D eigenvalue weighted by Crippen LogP contribution is -2.43. The minimum Gasteiger partial charge on any atom is -0.481 e. The minimum absolute atomic E-state index is 0.0207. The molecule has 1 fully saturated rings. The van der Waals surface area contributed by atoms with Gasteiger partial charge < -0.3 is 15.2 Å². The zero-order valence-electron chi connectivity index (χ0n) is 10.1. The molecule has 0 amide bonds. The van der Waals surface area contributed by atoms with Crippen molar-refractivity contribution >= 4 is 27.6 Å². The molecule has 2 atom stereocenters. The number of ether oxygens (including phenoxy) is 1. The summed E-state index contributed by atoms with van der Waals surface area (Å²) in [5.41, 5.74) is 1.97. The Labute approximate surface area is 114 Å². The van der Waals surface area contributed by atoms with E-state index in [0.717, 1.165) is 28.6 Å². The minimum atomic E-state index is -0.720. The van der Waals surface area contributed by atoms with Crippen LogP contribution in [0.4, 0.5) is 5.69 Å². The number of carbonyl (C=O) groups is 1. The normalized spacial score (nSPS) is 22.3. The predicted molar refractivity (Wildman–Crippen MR) is 72.6 cm³/mol. The van der Waals surface area contributed by atoms with Crippen molar-refractivity contribution in [3.63, 3.8) is 0 Å². The molecule has 0 saturated heterocycles. The first-order chi connectivity index (χ1) is 8.63. The molecule has 0 aliphatic heterocycles. The number of anilines is 1. The molecule has 4 nitrogen and oxygen atoms in total. The van der Waals surface area contributed by atoms with E-state index < -0.39 is 5.97 Å². The quantitative estimate of drug-likeness (QED) is 0.877. The molecule has 0 bridgehead atoms. The van der Waals surface area contributed by atoms with Crippen LogP contribution >= 0.6 is 15.9 Å². The maximum atomic E-state index is 11.0. The number of hydrogen-bond acceptors (Lipinski definition) is 3. The van der Waals surface area contributed by atoms with E-state index in [1.54, 1.807) is 7.11 Å². The fraction of sp³-hybridized carbons (Fsp3) is 0.462. The summed E-state index contributed by atoms with van der Waals surface area (Å²) in [6.45, 7) is 0.494. The third kappa shape index (κ3) is 2.67. The average molecular weight is 314 g/mol. The van der Waals surface area contributed by atoms with Crippen LogP contribution in [0.15, 0.2) is 22.7 Å². The molecule has 2 N–H and O–H groups in total. The van der Waals surface area contributed by atoms with Crippen LogP contribution in [0.3, 0.4) is 0 Å². The Morgan fingerprint density at radius 1 is 1.56 bits per heavy atom. The molecular formula is C13H16BrNO3. The highest BCUT2D eigenvalue weighted by atomic mass is 79.9. The number of methoxy groups -OCH3 is 1. The monoisotopic (exact) mass is 313 g/mol. The first-order valence-electron chi connectivity index (χ1n) is 5.89. The molecule has 98 valence electrons. The molecule has 1 aliphatic carbocycles. The van der Waals surface area contributed by atoms with E-state index in [2.05, 4.69) is 21.2 Å². The van der Waals surface area contributed by atoms with Gasteiger partial charge >= 0.3 is 5.97 Å². The second-order valence-corrected chi connectivity index (χ2v) is 5.33. The standard InChI is InChI=1S/C13H16BrNO3/c1-18-7-9-10(14)3-2-4-11(9)15-12-6-5-8(12)13(16)17/h2-4,8,12,15H,5-7H2,1H3,(H,16,17). The average Bonchev–Trinajstić information content (AvgIpc) is 2.27. The van der Waals surface area contributed by atoms with Crippen molar-refractivity contribution in [2.24, 2.45) is 5.92 Å². The fourth-order valence-electron chi connectivity index (χ4n) is 2.15. The smallest absolute Gasteiger partial charge is 0.308 e. The van der Waals surface area contributed by atoms with Gasteiger partial charge in [-0.05, 0) is 25.0 Å². The topological polar surface area (TPSA) is 58.6 Å². The van der Waals surface area contributed by atoms with Gasteiger partial charge in [-0.25, -0.2) is 0 Å². The first-order valence-corrected chi connectivity index (χ1v) is 6.68. The molecule has 1 aromatic carbocycles. The highest BCUT2D eigenvalue weighted by Gasteiger charge is 2.36. The SMILES string of the molecule is COCc1c(Br)cccc1NC1CCC1C(=O)O. The van der Waals surface area contributed by atoms with Crippen LogP contribution in [0.5, 0.6) is 0 Å². The highest BCUT2D eigenvalue weighted by Crippen LogP contribution is 2.33. The zero-order chi connectivity index (χ0) is 13.1. The number of carboxylic acid groups (broad SMARTS) is 1. The van der Waals surface area contributed by atoms with Gasteiger partial charge in [-0.2, -0.15) is 0 Å². The molecule has 0 radical (unpaired) electrons. The lowest BCUT2D eigenvalue weighted by atomic mass is 9.79. The highest BCUT2D eigenvalue weighted by molar-refractivity contribution is 9.10. The number of rotatable bonds is 5. The Balaban J connectivity index is 2.14. The van der Waals surface area contributed by atoms with Crippen LogP contribution < -0.4 is 5.32 Å². The molecule has 1 saturated carbocycles. The number of hydrogen-bond donors (Lipinski definition) is 2. The fourth-order valence-corrected chi connectivity index (χ4v) is 2.63. The van der Waals surface area contributed by atoms with Gasteiger partial charge in [0.25, 0.3) is 0 Å². The van der Waals surface area contributed by atoms with Gasteiger partial charge in [0.1, 0.15) is 0 Å². The van der Waals surface area contributed by atoms with Crippen molar-refractivity contribution in [3.8, 4) is 0 Å². The lowest BCUT2D eigenvalue weighted by molar-refractivity contribution is -0.144. The van der Waals surface area contributed by atoms with E-state index in [9.17, 15) is 4.79 Å². The summed E-state index contributed by atoms with van der Waals surface area (Å²) in [5, 5.41) is 12.3. The van der Waals surface area contributed by atoms with Crippen molar-refractivity contribution in [2.45, 2.75) is 25.5 Å². The third-order valence-corrected chi connectivity index (χ3v) is 4.08. The second kappa shape index (κ2) is 5.71. The zero-order valence-corrected chi connectivity index (χ0v) is 11.7. The number of benzene rings is 1. The van der Waals surface area contributed by atoms with Gasteiger partial charge in [0, 0.05) is 28.9 Å². The Morgan fingerprint density at radius 3 is 2.89 bits per heavy atom. The Kier molecular flexibility index (Phi) is 4.24.